The number of hydrogen-bond acceptors (Lipinski definition) is 5. The van der Waals surface area contributed by atoms with Gasteiger partial charge in [-0.3, -0.25) is 0 Å². The molecule has 0 saturated carbocycles. The lowest BCUT2D eigenvalue weighted by molar-refractivity contribution is 0.405. The molecule has 1 aromatic rings. The van der Waals surface area contributed by atoms with Crippen molar-refractivity contribution in [2.24, 2.45) is 5.73 Å². The van der Waals surface area contributed by atoms with E-state index < -0.39 is 0 Å². The number of thiocarbonyl (C=S) groups is 1. The molecule has 0 aliphatic rings. The molecule has 0 unspecified atom stereocenters. The van der Waals surface area contributed by atoms with Crippen molar-refractivity contribution in [2.75, 3.05) is 19.5 Å². The van der Waals surface area contributed by atoms with Gasteiger partial charge in [-0.15, -0.1) is 0 Å². The summed E-state index contributed by atoms with van der Waals surface area (Å²) in [7, 11) is 3.01. The number of nitrogens with zero attached hydrogens (tertiary/aromatic N) is 1. The Morgan fingerprint density at radius 1 is 1.42 bits per heavy atom. The zero-order valence-corrected chi connectivity index (χ0v) is 11.9. The van der Waals surface area contributed by atoms with Gasteiger partial charge in [0.05, 0.1) is 24.9 Å². The lowest BCUT2D eigenvalue weighted by Gasteiger charge is -2.12. The third kappa shape index (κ3) is 3.74. The molecule has 0 bridgehead atoms. The summed E-state index contributed by atoms with van der Waals surface area (Å²) >= 11 is 10.7. The number of rotatable bonds is 5. The van der Waals surface area contributed by atoms with Crippen LogP contribution in [0.2, 0.25) is 5.02 Å². The fraction of sp³-hybridized carbons (Fsp3) is 0.167. The highest BCUT2D eigenvalue weighted by molar-refractivity contribution is 7.80. The van der Waals surface area contributed by atoms with Crippen LogP contribution in [0.25, 0.3) is 0 Å². The van der Waals surface area contributed by atoms with Gasteiger partial charge in [0.25, 0.3) is 0 Å². The van der Waals surface area contributed by atoms with Crippen LogP contribution >= 0.6 is 23.8 Å². The summed E-state index contributed by atoms with van der Waals surface area (Å²) in [5.41, 5.74) is 6.12. The molecule has 0 saturated heterocycles. The van der Waals surface area contributed by atoms with Crippen molar-refractivity contribution in [3.8, 4) is 17.6 Å². The number of hydrogen-bond donors (Lipinski definition) is 2. The van der Waals surface area contributed by atoms with Gasteiger partial charge in [0, 0.05) is 18.3 Å². The van der Waals surface area contributed by atoms with Gasteiger partial charge in [-0.2, -0.15) is 5.26 Å². The maximum Gasteiger partial charge on any atom is 0.144 e. The molecular weight excluding hydrogens is 286 g/mol. The molecule has 0 atom stereocenters. The number of benzene rings is 1. The predicted molar refractivity (Wildman–Crippen MR) is 78.7 cm³/mol. The quantitative estimate of drug-likeness (QED) is 0.494. The lowest BCUT2D eigenvalue weighted by Crippen LogP contribution is -2.11. The normalized spacial score (nSPS) is 10.5. The molecule has 1 aromatic carbocycles. The molecule has 0 fully saturated rings. The Morgan fingerprint density at radius 3 is 2.53 bits per heavy atom. The van der Waals surface area contributed by atoms with Crippen LogP contribution in [-0.4, -0.2) is 19.2 Å². The van der Waals surface area contributed by atoms with Crippen molar-refractivity contribution < 1.29 is 9.47 Å². The van der Waals surface area contributed by atoms with E-state index in [9.17, 15) is 0 Å². The fourth-order valence-corrected chi connectivity index (χ4v) is 1.62. The minimum atomic E-state index is 0.00916. The van der Waals surface area contributed by atoms with Crippen LogP contribution < -0.4 is 20.5 Å². The monoisotopic (exact) mass is 297 g/mol. The van der Waals surface area contributed by atoms with Gasteiger partial charge in [-0.25, -0.2) is 0 Å². The van der Waals surface area contributed by atoms with E-state index in [4.69, 9.17) is 44.3 Å². The van der Waals surface area contributed by atoms with E-state index in [1.165, 1.54) is 20.4 Å². The first-order chi connectivity index (χ1) is 9.03. The maximum absolute atomic E-state index is 8.84. The van der Waals surface area contributed by atoms with Crippen LogP contribution in [0.1, 0.15) is 0 Å². The van der Waals surface area contributed by atoms with Crippen molar-refractivity contribution in [1.82, 2.24) is 0 Å². The summed E-state index contributed by atoms with van der Waals surface area (Å²) in [6.07, 6.45) is 1.40. The van der Waals surface area contributed by atoms with E-state index in [-0.39, 0.29) is 10.6 Å². The molecule has 7 heteroatoms. The largest absolute Gasteiger partial charge is 0.495 e. The molecule has 0 radical (unpaired) electrons. The summed E-state index contributed by atoms with van der Waals surface area (Å²) in [6, 6.07) is 5.13. The third-order valence-electron chi connectivity index (χ3n) is 2.23. The molecule has 0 aliphatic heterocycles. The molecule has 5 nitrogen and oxygen atoms in total. The molecule has 19 heavy (non-hydrogen) atoms. The van der Waals surface area contributed by atoms with E-state index in [1.807, 2.05) is 6.07 Å². The first kappa shape index (κ1) is 15.1. The summed E-state index contributed by atoms with van der Waals surface area (Å²) in [4.78, 5) is 0.00916. The second-order valence-electron chi connectivity index (χ2n) is 3.37. The number of nitrogens with one attached hydrogen (secondary N) is 1. The van der Waals surface area contributed by atoms with Gasteiger partial charge in [0.15, 0.2) is 0 Å². The van der Waals surface area contributed by atoms with Crippen LogP contribution in [0.3, 0.4) is 0 Å². The smallest absolute Gasteiger partial charge is 0.144 e. The van der Waals surface area contributed by atoms with Crippen LogP contribution in [-0.2, 0) is 0 Å². The van der Waals surface area contributed by atoms with Crippen molar-refractivity contribution in [2.45, 2.75) is 0 Å². The summed E-state index contributed by atoms with van der Waals surface area (Å²) in [5.74, 6) is 0.981. The SMILES string of the molecule is COc1cc(N/C=C(/C#N)C(N)=S)c(OC)cc1Cl. The van der Waals surface area contributed by atoms with E-state index in [2.05, 4.69) is 5.32 Å². The third-order valence-corrected chi connectivity index (χ3v) is 2.75. The molecule has 0 amide bonds. The highest BCUT2D eigenvalue weighted by Crippen LogP contribution is 2.35. The average molecular weight is 298 g/mol. The van der Waals surface area contributed by atoms with Crippen LogP contribution in [0.4, 0.5) is 5.69 Å². The zero-order chi connectivity index (χ0) is 14.4. The van der Waals surface area contributed by atoms with Gasteiger partial charge in [-0.1, -0.05) is 23.8 Å². The van der Waals surface area contributed by atoms with Gasteiger partial charge in [0.1, 0.15) is 28.1 Å². The van der Waals surface area contributed by atoms with Crippen LogP contribution in [0.15, 0.2) is 23.9 Å². The van der Waals surface area contributed by atoms with E-state index in [1.54, 1.807) is 12.1 Å². The van der Waals surface area contributed by atoms with Crippen LogP contribution in [0, 0.1) is 11.3 Å². The summed E-state index contributed by atoms with van der Waals surface area (Å²) < 4.78 is 10.3. The fourth-order valence-electron chi connectivity index (χ4n) is 1.28. The molecule has 0 aliphatic carbocycles. The summed E-state index contributed by atoms with van der Waals surface area (Å²) in [6.45, 7) is 0. The Balaban J connectivity index is 3.13. The number of nitrogens with two attached hydrogens (primary N) is 1. The van der Waals surface area contributed by atoms with Gasteiger partial charge < -0.3 is 20.5 Å². The van der Waals surface area contributed by atoms with E-state index in [0.717, 1.165) is 0 Å². The number of nitriles is 1. The Kier molecular flexibility index (Phi) is 5.42. The molecule has 3 N–H and O–H groups in total. The first-order valence-corrected chi connectivity index (χ1v) is 5.90. The molecular formula is C12H12ClN3O2S. The Bertz CT molecular complexity index is 567. The Labute approximate surface area is 121 Å². The Hall–Kier alpha value is -1.97. The van der Waals surface area contributed by atoms with Crippen molar-refractivity contribution in [3.63, 3.8) is 0 Å². The van der Waals surface area contributed by atoms with Crippen molar-refractivity contribution >= 4 is 34.5 Å². The number of ether oxygens (including phenoxy) is 2. The second kappa shape index (κ2) is 6.83. The Morgan fingerprint density at radius 2 is 2.05 bits per heavy atom. The second-order valence-corrected chi connectivity index (χ2v) is 4.21. The van der Waals surface area contributed by atoms with Gasteiger partial charge in [-0.05, 0) is 0 Å². The van der Waals surface area contributed by atoms with Gasteiger partial charge in [0.2, 0.25) is 0 Å². The number of halogens is 1. The van der Waals surface area contributed by atoms with Crippen molar-refractivity contribution in [3.05, 3.63) is 28.9 Å². The van der Waals surface area contributed by atoms with E-state index in [0.29, 0.717) is 22.2 Å². The molecule has 0 spiro atoms. The standard InChI is InChI=1S/C12H12ClN3O2S/c1-17-10-4-9(11(18-2)3-8(10)13)16-6-7(5-14)12(15)19/h3-4,6,16H,1-2H3,(H2,15,19)/b7-6-. The topological polar surface area (TPSA) is 80.3 Å². The van der Waals surface area contributed by atoms with Crippen molar-refractivity contribution in [1.29, 1.82) is 5.26 Å². The first-order valence-electron chi connectivity index (χ1n) is 5.11. The molecule has 100 valence electrons. The highest BCUT2D eigenvalue weighted by atomic mass is 35.5. The zero-order valence-electron chi connectivity index (χ0n) is 10.4. The molecule has 0 heterocycles. The highest BCUT2D eigenvalue weighted by Gasteiger charge is 2.09. The average Bonchev–Trinajstić information content (AvgIpc) is 2.39. The minimum Gasteiger partial charge on any atom is -0.495 e. The summed E-state index contributed by atoms with van der Waals surface area (Å²) in [5, 5.41) is 12.1. The minimum absolute atomic E-state index is 0.00916. The maximum atomic E-state index is 8.84. The molecule has 1 rings (SSSR count). The van der Waals surface area contributed by atoms with Gasteiger partial charge >= 0.3 is 0 Å². The number of anilines is 1. The van der Waals surface area contributed by atoms with Crippen LogP contribution in [0.5, 0.6) is 11.5 Å². The lowest BCUT2D eigenvalue weighted by atomic mass is 10.2. The molecule has 0 aromatic heterocycles. The number of methoxy groups -OCH3 is 2. The predicted octanol–water partition coefficient (Wildman–Crippen LogP) is 2.46. The van der Waals surface area contributed by atoms with E-state index >= 15 is 0 Å².